The van der Waals surface area contributed by atoms with Gasteiger partial charge in [-0.05, 0) is 24.5 Å². The van der Waals surface area contributed by atoms with Crippen LogP contribution in [0.4, 0.5) is 4.79 Å². The predicted molar refractivity (Wildman–Crippen MR) is 90.5 cm³/mol. The number of para-hydroxylation sites is 1. The molecule has 116 valence electrons. The monoisotopic (exact) mass is 326 g/mol. The normalized spacial score (nSPS) is 10.5. The Morgan fingerprint density at radius 2 is 1.61 bits per heavy atom. The summed E-state index contributed by atoms with van der Waals surface area (Å²) in [6.45, 7) is 0. The number of carbonyl (C=O) groups is 1. The van der Waals surface area contributed by atoms with Gasteiger partial charge in [-0.1, -0.05) is 42.5 Å². The van der Waals surface area contributed by atoms with Gasteiger partial charge >= 0.3 is 6.16 Å². The Bertz CT molecular complexity index is 846. The van der Waals surface area contributed by atoms with E-state index >= 15 is 0 Å². The molecule has 0 saturated heterocycles. The smallest absolute Gasteiger partial charge is 0.506 e. The molecule has 3 rings (SSSR count). The third-order valence-corrected chi connectivity index (χ3v) is 4.05. The van der Waals surface area contributed by atoms with Crippen LogP contribution in [0.1, 0.15) is 0 Å². The maximum absolute atomic E-state index is 12.0. The molecule has 3 aromatic rings. The van der Waals surface area contributed by atoms with Crippen LogP contribution in [0.3, 0.4) is 0 Å². The van der Waals surface area contributed by atoms with Gasteiger partial charge in [0, 0.05) is 10.8 Å². The highest BCUT2D eigenvalue weighted by Crippen LogP contribution is 2.40. The van der Waals surface area contributed by atoms with Crippen molar-refractivity contribution < 1.29 is 19.4 Å². The van der Waals surface area contributed by atoms with Crippen molar-refractivity contribution in [2.75, 3.05) is 6.26 Å². The quantitative estimate of drug-likeness (QED) is 0.424. The molecule has 0 aromatic heterocycles. The number of fused-ring (bicyclic) bond motifs is 1. The summed E-state index contributed by atoms with van der Waals surface area (Å²) in [7, 11) is 0. The van der Waals surface area contributed by atoms with Crippen molar-refractivity contribution in [3.05, 3.63) is 60.7 Å². The van der Waals surface area contributed by atoms with Gasteiger partial charge in [-0.3, -0.25) is 0 Å². The average Bonchev–Trinajstić information content (AvgIpc) is 2.58. The number of hydrogen-bond acceptors (Lipinski definition) is 5. The summed E-state index contributed by atoms with van der Waals surface area (Å²) in [6.07, 6.45) is 1.02. The van der Waals surface area contributed by atoms with Crippen LogP contribution in [0.25, 0.3) is 10.8 Å². The SMILES string of the molecule is CSc1cc(OC(=O)Oc2ccccc2)c2ccccc2c1O. The number of phenolic OH excluding ortho intramolecular Hbond substituents is 1. The molecule has 0 unspecified atom stereocenters. The van der Waals surface area contributed by atoms with Crippen LogP contribution in [0.5, 0.6) is 17.2 Å². The van der Waals surface area contributed by atoms with Gasteiger partial charge in [0.05, 0.1) is 4.90 Å². The second-order valence-electron chi connectivity index (χ2n) is 4.74. The average molecular weight is 326 g/mol. The van der Waals surface area contributed by atoms with E-state index in [4.69, 9.17) is 9.47 Å². The van der Waals surface area contributed by atoms with Crippen LogP contribution in [0, 0.1) is 0 Å². The lowest BCUT2D eigenvalue weighted by Crippen LogP contribution is -2.14. The molecular weight excluding hydrogens is 312 g/mol. The van der Waals surface area contributed by atoms with Gasteiger partial charge in [-0.2, -0.15) is 0 Å². The van der Waals surface area contributed by atoms with Crippen LogP contribution in [-0.2, 0) is 0 Å². The number of rotatable bonds is 3. The summed E-state index contributed by atoms with van der Waals surface area (Å²) in [6, 6.07) is 17.5. The van der Waals surface area contributed by atoms with Gasteiger partial charge in [0.2, 0.25) is 0 Å². The third-order valence-electron chi connectivity index (χ3n) is 3.30. The van der Waals surface area contributed by atoms with Crippen molar-refractivity contribution in [3.63, 3.8) is 0 Å². The van der Waals surface area contributed by atoms with Crippen molar-refractivity contribution >= 4 is 28.7 Å². The van der Waals surface area contributed by atoms with E-state index in [2.05, 4.69) is 0 Å². The molecule has 0 aliphatic carbocycles. The Morgan fingerprint density at radius 1 is 0.957 bits per heavy atom. The molecule has 0 heterocycles. The number of ether oxygens (including phenoxy) is 2. The number of thioether (sulfide) groups is 1. The Labute approximate surface area is 137 Å². The van der Waals surface area contributed by atoms with Crippen molar-refractivity contribution in [1.29, 1.82) is 0 Å². The topological polar surface area (TPSA) is 55.8 Å². The van der Waals surface area contributed by atoms with Crippen LogP contribution >= 0.6 is 11.8 Å². The van der Waals surface area contributed by atoms with Crippen molar-refractivity contribution in [3.8, 4) is 17.2 Å². The Hall–Kier alpha value is -2.66. The van der Waals surface area contributed by atoms with Gasteiger partial charge in [0.1, 0.15) is 17.2 Å². The Balaban J connectivity index is 1.93. The molecule has 1 N–H and O–H groups in total. The maximum atomic E-state index is 12.0. The van der Waals surface area contributed by atoms with E-state index in [0.29, 0.717) is 27.2 Å². The Morgan fingerprint density at radius 3 is 2.30 bits per heavy atom. The van der Waals surface area contributed by atoms with Gasteiger partial charge < -0.3 is 14.6 Å². The molecule has 0 amide bonds. The Kier molecular flexibility index (Phi) is 4.39. The largest absolute Gasteiger partial charge is 0.519 e. The highest BCUT2D eigenvalue weighted by atomic mass is 32.2. The van der Waals surface area contributed by atoms with Gasteiger partial charge in [0.15, 0.2) is 0 Å². The lowest BCUT2D eigenvalue weighted by molar-refractivity contribution is 0.152. The first kappa shape index (κ1) is 15.2. The molecule has 0 fully saturated rings. The zero-order valence-corrected chi connectivity index (χ0v) is 13.2. The molecule has 23 heavy (non-hydrogen) atoms. The molecule has 0 atom stereocenters. The highest BCUT2D eigenvalue weighted by molar-refractivity contribution is 7.98. The van der Waals surface area contributed by atoms with E-state index in [0.717, 1.165) is 0 Å². The molecule has 0 aliphatic heterocycles. The number of hydrogen-bond donors (Lipinski definition) is 1. The minimum Gasteiger partial charge on any atom is -0.506 e. The first-order valence-corrected chi connectivity index (χ1v) is 8.15. The lowest BCUT2D eigenvalue weighted by atomic mass is 10.1. The van der Waals surface area contributed by atoms with E-state index in [1.54, 1.807) is 42.5 Å². The molecule has 5 heteroatoms. The van der Waals surface area contributed by atoms with Crippen LogP contribution < -0.4 is 9.47 Å². The molecule has 0 radical (unpaired) electrons. The second kappa shape index (κ2) is 6.62. The summed E-state index contributed by atoms with van der Waals surface area (Å²) >= 11 is 1.37. The van der Waals surface area contributed by atoms with Gasteiger partial charge in [0.25, 0.3) is 0 Å². The van der Waals surface area contributed by atoms with E-state index in [9.17, 15) is 9.90 Å². The molecule has 3 aromatic carbocycles. The van der Waals surface area contributed by atoms with E-state index in [1.165, 1.54) is 11.8 Å². The molecule has 0 saturated carbocycles. The number of phenols is 1. The fourth-order valence-corrected chi connectivity index (χ4v) is 2.77. The fraction of sp³-hybridized carbons (Fsp3) is 0.0556. The maximum Gasteiger partial charge on any atom is 0.519 e. The zero-order chi connectivity index (χ0) is 16.2. The highest BCUT2D eigenvalue weighted by Gasteiger charge is 2.15. The summed E-state index contributed by atoms with van der Waals surface area (Å²) in [5.74, 6) is 0.936. The first-order chi connectivity index (χ1) is 11.2. The van der Waals surface area contributed by atoms with Gasteiger partial charge in [-0.15, -0.1) is 11.8 Å². The lowest BCUT2D eigenvalue weighted by Gasteiger charge is -2.12. The van der Waals surface area contributed by atoms with E-state index < -0.39 is 6.16 Å². The van der Waals surface area contributed by atoms with Crippen LogP contribution in [0.15, 0.2) is 65.6 Å². The van der Waals surface area contributed by atoms with Crippen molar-refractivity contribution in [1.82, 2.24) is 0 Å². The first-order valence-electron chi connectivity index (χ1n) is 6.92. The third kappa shape index (κ3) is 3.24. The second-order valence-corrected chi connectivity index (χ2v) is 5.59. The predicted octanol–water partition coefficient (Wildman–Crippen LogP) is 4.85. The molecule has 0 spiro atoms. The summed E-state index contributed by atoms with van der Waals surface area (Å²) < 4.78 is 10.5. The van der Waals surface area contributed by atoms with Gasteiger partial charge in [-0.25, -0.2) is 4.79 Å². The molecule has 4 nitrogen and oxygen atoms in total. The standard InChI is InChI=1S/C18H14O4S/c1-23-16-11-15(13-9-5-6-10-14(13)17(16)19)22-18(20)21-12-7-3-2-4-8-12/h2-11,19H,1H3. The van der Waals surface area contributed by atoms with E-state index in [-0.39, 0.29) is 5.75 Å². The number of aromatic hydroxyl groups is 1. The molecular formula is C18H14O4S. The van der Waals surface area contributed by atoms with Crippen LogP contribution in [-0.4, -0.2) is 17.5 Å². The van der Waals surface area contributed by atoms with Crippen LogP contribution in [0.2, 0.25) is 0 Å². The number of benzene rings is 3. The van der Waals surface area contributed by atoms with Crippen molar-refractivity contribution in [2.24, 2.45) is 0 Å². The van der Waals surface area contributed by atoms with E-state index in [1.807, 2.05) is 24.5 Å². The molecule has 0 aliphatic rings. The number of carbonyl (C=O) groups excluding carboxylic acids is 1. The summed E-state index contributed by atoms with van der Waals surface area (Å²) in [5.41, 5.74) is 0. The summed E-state index contributed by atoms with van der Waals surface area (Å²) in [4.78, 5) is 12.6. The van der Waals surface area contributed by atoms with Crippen molar-refractivity contribution in [2.45, 2.75) is 4.90 Å². The minimum absolute atomic E-state index is 0.178. The fourth-order valence-electron chi connectivity index (χ4n) is 2.24. The molecule has 0 bridgehead atoms. The zero-order valence-electron chi connectivity index (χ0n) is 12.4. The summed E-state index contributed by atoms with van der Waals surface area (Å²) in [5, 5.41) is 11.5. The minimum atomic E-state index is -0.820.